The van der Waals surface area contributed by atoms with Gasteiger partial charge >= 0.3 is 7.60 Å². The van der Waals surface area contributed by atoms with E-state index in [1.807, 2.05) is 30.3 Å². The van der Waals surface area contributed by atoms with Crippen molar-refractivity contribution in [3.63, 3.8) is 0 Å². The Morgan fingerprint density at radius 3 is 2.79 bits per heavy atom. The molecule has 1 unspecified atom stereocenters. The Bertz CT molecular complexity index is 542. The van der Waals surface area contributed by atoms with Crippen molar-refractivity contribution in [1.29, 1.82) is 0 Å². The molecule has 8 nitrogen and oxygen atoms in total. The van der Waals surface area contributed by atoms with Gasteiger partial charge in [0.15, 0.2) is 5.82 Å². The predicted octanol–water partition coefficient (Wildman–Crippen LogP) is 0.820. The Morgan fingerprint density at radius 2 is 2.21 bits per heavy atom. The monoisotopic (exact) mass is 283 g/mol. The van der Waals surface area contributed by atoms with E-state index >= 15 is 0 Å². The SMILES string of the molecule is CP(=O)(O)ON[C@@H](Cc1ccccc1)c1nn[nH]n1. The summed E-state index contributed by atoms with van der Waals surface area (Å²) < 4.78 is 15.9. The third-order valence-electron chi connectivity index (χ3n) is 2.32. The van der Waals surface area contributed by atoms with Crippen molar-refractivity contribution >= 4 is 7.60 Å². The second kappa shape index (κ2) is 6.03. The first-order chi connectivity index (χ1) is 9.04. The smallest absolute Gasteiger partial charge is 0.324 e. The summed E-state index contributed by atoms with van der Waals surface area (Å²) in [6.07, 6.45) is 0.500. The van der Waals surface area contributed by atoms with Crippen LogP contribution in [0.3, 0.4) is 0 Å². The average molecular weight is 283 g/mol. The van der Waals surface area contributed by atoms with Gasteiger partial charge in [0.25, 0.3) is 0 Å². The van der Waals surface area contributed by atoms with Crippen LogP contribution in [0, 0.1) is 0 Å². The van der Waals surface area contributed by atoms with Gasteiger partial charge in [-0.2, -0.15) is 10.7 Å². The first-order valence-corrected chi connectivity index (χ1v) is 7.59. The fraction of sp³-hybridized carbons (Fsp3) is 0.300. The Balaban J connectivity index is 2.09. The molecule has 2 aromatic rings. The molecule has 1 aromatic carbocycles. The molecule has 0 bridgehead atoms. The second-order valence-corrected chi connectivity index (χ2v) is 5.81. The summed E-state index contributed by atoms with van der Waals surface area (Å²) in [5.41, 5.74) is 3.52. The molecule has 0 saturated carbocycles. The number of aromatic nitrogens is 4. The maximum Gasteiger partial charge on any atom is 0.341 e. The molecule has 0 spiro atoms. The Hall–Kier alpha value is -1.60. The molecule has 19 heavy (non-hydrogen) atoms. The highest BCUT2D eigenvalue weighted by molar-refractivity contribution is 7.51. The number of hydrogen-bond acceptors (Lipinski definition) is 6. The highest BCUT2D eigenvalue weighted by atomic mass is 31.2. The van der Waals surface area contributed by atoms with Crippen LogP contribution in [0.15, 0.2) is 30.3 Å². The van der Waals surface area contributed by atoms with E-state index in [9.17, 15) is 4.57 Å². The van der Waals surface area contributed by atoms with Gasteiger partial charge in [-0.05, 0) is 12.0 Å². The number of nitrogens with one attached hydrogen (secondary N) is 2. The molecule has 9 heteroatoms. The summed E-state index contributed by atoms with van der Waals surface area (Å²) in [5.74, 6) is 0.359. The van der Waals surface area contributed by atoms with E-state index in [-0.39, 0.29) is 0 Å². The Kier molecular flexibility index (Phi) is 4.39. The van der Waals surface area contributed by atoms with E-state index < -0.39 is 13.6 Å². The van der Waals surface area contributed by atoms with Crippen LogP contribution in [-0.4, -0.2) is 32.2 Å². The lowest BCUT2D eigenvalue weighted by atomic mass is 10.1. The van der Waals surface area contributed by atoms with Gasteiger partial charge in [0, 0.05) is 6.66 Å². The second-order valence-electron chi connectivity index (χ2n) is 4.02. The van der Waals surface area contributed by atoms with Crippen molar-refractivity contribution in [2.75, 3.05) is 6.66 Å². The van der Waals surface area contributed by atoms with Crippen LogP contribution in [0.4, 0.5) is 0 Å². The molecule has 0 aliphatic heterocycles. The van der Waals surface area contributed by atoms with E-state index in [2.05, 4.69) is 26.1 Å². The number of hydroxylamine groups is 1. The number of benzene rings is 1. The number of tetrazole rings is 1. The largest absolute Gasteiger partial charge is 0.341 e. The lowest BCUT2D eigenvalue weighted by Crippen LogP contribution is -2.24. The van der Waals surface area contributed by atoms with Gasteiger partial charge in [-0.25, -0.2) is 4.62 Å². The maximum absolute atomic E-state index is 11.1. The Morgan fingerprint density at radius 1 is 1.47 bits per heavy atom. The molecule has 2 atom stereocenters. The maximum atomic E-state index is 11.1. The first-order valence-electron chi connectivity index (χ1n) is 5.56. The molecule has 3 N–H and O–H groups in total. The summed E-state index contributed by atoms with van der Waals surface area (Å²) >= 11 is 0. The minimum absolute atomic E-state index is 0.359. The van der Waals surface area contributed by atoms with Crippen molar-refractivity contribution < 1.29 is 14.1 Å². The van der Waals surface area contributed by atoms with E-state index in [1.165, 1.54) is 0 Å². The third kappa shape index (κ3) is 4.53. The number of nitrogens with zero attached hydrogens (tertiary/aromatic N) is 3. The van der Waals surface area contributed by atoms with Crippen LogP contribution >= 0.6 is 7.60 Å². The molecule has 0 fully saturated rings. The summed E-state index contributed by atoms with van der Waals surface area (Å²) in [6, 6.07) is 9.10. The van der Waals surface area contributed by atoms with Crippen LogP contribution in [-0.2, 0) is 15.6 Å². The zero-order chi connectivity index (χ0) is 13.7. The highest BCUT2D eigenvalue weighted by Gasteiger charge is 2.20. The van der Waals surface area contributed by atoms with Crippen molar-refractivity contribution in [2.24, 2.45) is 0 Å². The minimum Gasteiger partial charge on any atom is -0.324 e. The summed E-state index contributed by atoms with van der Waals surface area (Å²) in [6.45, 7) is 1.09. The molecule has 0 amide bonds. The standard InChI is InChI=1S/C10H14N5O3P/c1-19(16,17)18-13-9(10-11-14-15-12-10)7-8-5-3-2-4-6-8/h2-6,9,13H,7H2,1H3,(H,16,17)(H,11,12,14,15)/t9-/m0/s1. The zero-order valence-corrected chi connectivity index (χ0v) is 11.1. The Labute approximate surface area is 109 Å². The third-order valence-corrected chi connectivity index (χ3v) is 2.76. The average Bonchev–Trinajstić information content (AvgIpc) is 2.88. The number of hydrogen-bond donors (Lipinski definition) is 3. The molecule has 1 heterocycles. The summed E-state index contributed by atoms with van der Waals surface area (Å²) in [7, 11) is -3.62. The zero-order valence-electron chi connectivity index (χ0n) is 10.2. The van der Waals surface area contributed by atoms with Crippen molar-refractivity contribution in [1.82, 2.24) is 26.1 Å². The molecule has 0 radical (unpaired) electrons. The van der Waals surface area contributed by atoms with Crippen molar-refractivity contribution in [3.8, 4) is 0 Å². The van der Waals surface area contributed by atoms with E-state index in [0.717, 1.165) is 12.2 Å². The van der Waals surface area contributed by atoms with Crippen LogP contribution in [0.25, 0.3) is 0 Å². The highest BCUT2D eigenvalue weighted by Crippen LogP contribution is 2.35. The fourth-order valence-corrected chi connectivity index (χ4v) is 1.84. The lowest BCUT2D eigenvalue weighted by molar-refractivity contribution is 0.131. The van der Waals surface area contributed by atoms with E-state index in [4.69, 9.17) is 9.52 Å². The lowest BCUT2D eigenvalue weighted by Gasteiger charge is -2.16. The number of H-pyrrole nitrogens is 1. The molecular formula is C10H14N5O3P. The molecule has 1 aromatic heterocycles. The van der Waals surface area contributed by atoms with Gasteiger partial charge in [-0.15, -0.1) is 10.2 Å². The molecule has 102 valence electrons. The van der Waals surface area contributed by atoms with Gasteiger partial charge in [0.2, 0.25) is 0 Å². The quantitative estimate of drug-likeness (QED) is 0.531. The van der Waals surface area contributed by atoms with E-state index in [1.54, 1.807) is 0 Å². The molecule has 2 rings (SSSR count). The normalized spacial score (nSPS) is 15.9. The molecule has 0 aliphatic rings. The van der Waals surface area contributed by atoms with Crippen molar-refractivity contribution in [3.05, 3.63) is 41.7 Å². The van der Waals surface area contributed by atoms with Crippen molar-refractivity contribution in [2.45, 2.75) is 12.5 Å². The van der Waals surface area contributed by atoms with Crippen LogP contribution in [0.1, 0.15) is 17.4 Å². The van der Waals surface area contributed by atoms with Crippen LogP contribution < -0.4 is 5.48 Å². The molecule has 0 aliphatic carbocycles. The number of rotatable bonds is 6. The van der Waals surface area contributed by atoms with Crippen LogP contribution in [0.5, 0.6) is 0 Å². The van der Waals surface area contributed by atoms with Gasteiger partial charge in [0.05, 0.1) is 0 Å². The first kappa shape index (κ1) is 13.8. The van der Waals surface area contributed by atoms with Crippen LogP contribution in [0.2, 0.25) is 0 Å². The molecule has 0 saturated heterocycles. The topological polar surface area (TPSA) is 113 Å². The van der Waals surface area contributed by atoms with Gasteiger partial charge < -0.3 is 4.89 Å². The van der Waals surface area contributed by atoms with Gasteiger partial charge in [-0.3, -0.25) is 4.57 Å². The summed E-state index contributed by atoms with van der Waals surface area (Å²) in [4.78, 5) is 9.14. The van der Waals surface area contributed by atoms with E-state index in [0.29, 0.717) is 12.2 Å². The fourth-order valence-electron chi connectivity index (χ4n) is 1.51. The molecular weight excluding hydrogens is 269 g/mol. The number of aromatic amines is 1. The predicted molar refractivity (Wildman–Crippen MR) is 67.0 cm³/mol. The van der Waals surface area contributed by atoms with Gasteiger partial charge in [-0.1, -0.05) is 35.5 Å². The minimum atomic E-state index is -3.62. The van der Waals surface area contributed by atoms with Gasteiger partial charge in [0.1, 0.15) is 6.04 Å². The summed E-state index contributed by atoms with van der Waals surface area (Å²) in [5, 5.41) is 13.5.